The summed E-state index contributed by atoms with van der Waals surface area (Å²) in [6.45, 7) is 13.1. The molecule has 0 aliphatic rings. The number of nitrogens with zero attached hydrogens (tertiary/aromatic N) is 1. The molecule has 0 saturated heterocycles. The highest BCUT2D eigenvalue weighted by atomic mass is 16.5. The Kier molecular flexibility index (Phi) is 5.88. The summed E-state index contributed by atoms with van der Waals surface area (Å²) in [5, 5.41) is 3.49. The van der Waals surface area contributed by atoms with Crippen molar-refractivity contribution in [1.29, 1.82) is 0 Å². The largest absolute Gasteiger partial charge is 0.496 e. The summed E-state index contributed by atoms with van der Waals surface area (Å²) in [6.07, 6.45) is 0. The van der Waals surface area contributed by atoms with E-state index in [0.717, 1.165) is 18.8 Å². The fraction of sp³-hybridized carbons (Fsp3) is 0.647. The van der Waals surface area contributed by atoms with Crippen molar-refractivity contribution in [2.45, 2.75) is 40.7 Å². The van der Waals surface area contributed by atoms with Crippen LogP contribution in [0.3, 0.4) is 0 Å². The molecule has 20 heavy (non-hydrogen) atoms. The highest BCUT2D eigenvalue weighted by molar-refractivity contribution is 5.60. The van der Waals surface area contributed by atoms with E-state index < -0.39 is 0 Å². The van der Waals surface area contributed by atoms with Gasteiger partial charge in [0.2, 0.25) is 0 Å². The van der Waals surface area contributed by atoms with Gasteiger partial charge in [0.1, 0.15) is 5.75 Å². The maximum atomic E-state index is 5.57. The lowest BCUT2D eigenvalue weighted by molar-refractivity contribution is 0.399. The van der Waals surface area contributed by atoms with Crippen molar-refractivity contribution >= 4 is 5.69 Å². The number of hydrogen-bond acceptors (Lipinski definition) is 3. The van der Waals surface area contributed by atoms with Crippen LogP contribution in [0.1, 0.15) is 46.2 Å². The van der Waals surface area contributed by atoms with Crippen LogP contribution >= 0.6 is 0 Å². The smallest absolute Gasteiger partial charge is 0.125 e. The Morgan fingerprint density at radius 2 is 1.95 bits per heavy atom. The van der Waals surface area contributed by atoms with Gasteiger partial charge in [0.15, 0.2) is 0 Å². The van der Waals surface area contributed by atoms with E-state index in [0.29, 0.717) is 0 Å². The first-order valence-electron chi connectivity index (χ1n) is 7.41. The third-order valence-electron chi connectivity index (χ3n) is 3.33. The minimum absolute atomic E-state index is 0.260. The molecule has 1 unspecified atom stereocenters. The molecule has 3 nitrogen and oxygen atoms in total. The molecule has 1 N–H and O–H groups in total. The van der Waals surface area contributed by atoms with E-state index in [1.807, 2.05) is 6.07 Å². The molecule has 114 valence electrons. The summed E-state index contributed by atoms with van der Waals surface area (Å²) in [5.74, 6) is 0.955. The zero-order valence-corrected chi connectivity index (χ0v) is 14.1. The predicted molar refractivity (Wildman–Crippen MR) is 87.8 cm³/mol. The van der Waals surface area contributed by atoms with Crippen LogP contribution in [0.4, 0.5) is 5.69 Å². The maximum absolute atomic E-state index is 5.57. The summed E-state index contributed by atoms with van der Waals surface area (Å²) < 4.78 is 5.57. The number of benzene rings is 1. The van der Waals surface area contributed by atoms with Crippen LogP contribution in [0.5, 0.6) is 5.75 Å². The minimum Gasteiger partial charge on any atom is -0.496 e. The fourth-order valence-corrected chi connectivity index (χ4v) is 2.68. The molecular weight excluding hydrogens is 248 g/mol. The monoisotopic (exact) mass is 278 g/mol. The first kappa shape index (κ1) is 16.8. The Hall–Kier alpha value is -1.22. The zero-order valence-electron chi connectivity index (χ0n) is 14.1. The number of nitrogens with one attached hydrogen (secondary N) is 1. The van der Waals surface area contributed by atoms with Crippen molar-refractivity contribution in [3.63, 3.8) is 0 Å². The quantitative estimate of drug-likeness (QED) is 0.855. The van der Waals surface area contributed by atoms with Crippen LogP contribution in [0.2, 0.25) is 0 Å². The van der Waals surface area contributed by atoms with Gasteiger partial charge in [-0.05, 0) is 31.0 Å². The molecular formula is C17H30N2O. The van der Waals surface area contributed by atoms with Gasteiger partial charge < -0.3 is 15.0 Å². The van der Waals surface area contributed by atoms with Crippen LogP contribution in [-0.2, 0) is 0 Å². The van der Waals surface area contributed by atoms with Gasteiger partial charge in [0.25, 0.3) is 0 Å². The van der Waals surface area contributed by atoms with Crippen LogP contribution in [-0.4, -0.2) is 27.2 Å². The first-order valence-corrected chi connectivity index (χ1v) is 7.41. The maximum Gasteiger partial charge on any atom is 0.125 e. The average Bonchev–Trinajstić information content (AvgIpc) is 2.36. The van der Waals surface area contributed by atoms with Crippen molar-refractivity contribution in [3.05, 3.63) is 23.8 Å². The van der Waals surface area contributed by atoms with Gasteiger partial charge in [-0.3, -0.25) is 0 Å². The van der Waals surface area contributed by atoms with Gasteiger partial charge in [-0.15, -0.1) is 0 Å². The molecule has 0 spiro atoms. The van der Waals surface area contributed by atoms with Crippen molar-refractivity contribution in [2.24, 2.45) is 5.41 Å². The summed E-state index contributed by atoms with van der Waals surface area (Å²) in [4.78, 5) is 2.33. The number of methoxy groups -OCH3 is 1. The van der Waals surface area contributed by atoms with E-state index >= 15 is 0 Å². The van der Waals surface area contributed by atoms with Gasteiger partial charge in [0.05, 0.1) is 7.11 Å². The molecule has 3 heteroatoms. The number of ether oxygens (including phenoxy) is 1. The molecule has 1 aromatic rings. The van der Waals surface area contributed by atoms with E-state index in [1.165, 1.54) is 11.3 Å². The Morgan fingerprint density at radius 3 is 2.45 bits per heavy atom. The molecule has 0 bridgehead atoms. The van der Waals surface area contributed by atoms with E-state index in [2.05, 4.69) is 64.0 Å². The standard InChI is InChI=1S/C17H30N2O/c1-8-18-13(2)16-14(10-9-11-15(16)20-7)19(6)12-17(3,4)5/h9-11,13,18H,8,12H2,1-7H3. The van der Waals surface area contributed by atoms with Crippen molar-refractivity contribution in [2.75, 3.05) is 32.1 Å². The van der Waals surface area contributed by atoms with Crippen molar-refractivity contribution in [1.82, 2.24) is 5.32 Å². The topological polar surface area (TPSA) is 24.5 Å². The molecule has 1 rings (SSSR count). The van der Waals surface area contributed by atoms with Crippen LogP contribution in [0, 0.1) is 5.41 Å². The van der Waals surface area contributed by atoms with Crippen molar-refractivity contribution < 1.29 is 4.74 Å². The predicted octanol–water partition coefficient (Wildman–Crippen LogP) is 3.85. The molecule has 0 aliphatic carbocycles. The lowest BCUT2D eigenvalue weighted by Gasteiger charge is -2.32. The molecule has 0 amide bonds. The molecule has 0 aliphatic heterocycles. The van der Waals surface area contributed by atoms with E-state index in [9.17, 15) is 0 Å². The average molecular weight is 278 g/mol. The molecule has 0 aromatic heterocycles. The van der Waals surface area contributed by atoms with Gasteiger partial charge >= 0.3 is 0 Å². The van der Waals surface area contributed by atoms with Gasteiger partial charge in [-0.1, -0.05) is 33.8 Å². The normalized spacial score (nSPS) is 13.2. The Morgan fingerprint density at radius 1 is 1.30 bits per heavy atom. The number of hydrogen-bond donors (Lipinski definition) is 1. The van der Waals surface area contributed by atoms with E-state index in [1.54, 1.807) is 7.11 Å². The number of rotatable bonds is 6. The Bertz CT molecular complexity index is 423. The lowest BCUT2D eigenvalue weighted by Crippen LogP contribution is -2.31. The minimum atomic E-state index is 0.260. The molecule has 0 saturated carbocycles. The Balaban J connectivity index is 3.17. The highest BCUT2D eigenvalue weighted by Crippen LogP contribution is 2.35. The molecule has 0 radical (unpaired) electrons. The summed E-state index contributed by atoms with van der Waals surface area (Å²) in [7, 11) is 3.90. The molecule has 0 fully saturated rings. The zero-order chi connectivity index (χ0) is 15.3. The summed E-state index contributed by atoms with van der Waals surface area (Å²) in [6, 6.07) is 6.55. The van der Waals surface area contributed by atoms with E-state index in [4.69, 9.17) is 4.74 Å². The van der Waals surface area contributed by atoms with E-state index in [-0.39, 0.29) is 11.5 Å². The third-order valence-corrected chi connectivity index (χ3v) is 3.33. The first-order chi connectivity index (χ1) is 9.30. The van der Waals surface area contributed by atoms with Gasteiger partial charge in [-0.2, -0.15) is 0 Å². The lowest BCUT2D eigenvalue weighted by atomic mass is 9.95. The second-order valence-corrected chi connectivity index (χ2v) is 6.59. The van der Waals surface area contributed by atoms with Crippen molar-refractivity contribution in [3.8, 4) is 5.75 Å². The second kappa shape index (κ2) is 6.98. The van der Waals surface area contributed by atoms with Crippen LogP contribution in [0.15, 0.2) is 18.2 Å². The molecule has 0 heterocycles. The summed E-state index contributed by atoms with van der Waals surface area (Å²) >= 11 is 0. The number of anilines is 1. The highest BCUT2D eigenvalue weighted by Gasteiger charge is 2.21. The van der Waals surface area contributed by atoms with Crippen LogP contribution < -0.4 is 15.0 Å². The summed E-state index contributed by atoms with van der Waals surface area (Å²) in [5.41, 5.74) is 2.74. The van der Waals surface area contributed by atoms with Gasteiger partial charge in [0, 0.05) is 30.9 Å². The SMILES string of the molecule is CCNC(C)c1c(OC)cccc1N(C)CC(C)(C)C. The van der Waals surface area contributed by atoms with Crippen LogP contribution in [0.25, 0.3) is 0 Å². The Labute approximate surface area is 124 Å². The van der Waals surface area contributed by atoms with Gasteiger partial charge in [-0.25, -0.2) is 0 Å². The molecule has 1 aromatic carbocycles. The third kappa shape index (κ3) is 4.41. The molecule has 1 atom stereocenters. The fourth-order valence-electron chi connectivity index (χ4n) is 2.68. The second-order valence-electron chi connectivity index (χ2n) is 6.59.